The second-order valence-electron chi connectivity index (χ2n) is 6.08. The fraction of sp³-hybridized carbons (Fsp3) is 0.263. The van der Waals surface area contributed by atoms with Crippen molar-refractivity contribution >= 4 is 39.1 Å². The lowest BCUT2D eigenvalue weighted by Crippen LogP contribution is -2.28. The average molecular weight is 401 g/mol. The van der Waals surface area contributed by atoms with Gasteiger partial charge in [0.15, 0.2) is 6.61 Å². The molecule has 0 saturated carbocycles. The van der Waals surface area contributed by atoms with Crippen LogP contribution >= 0.6 is 11.3 Å². The predicted molar refractivity (Wildman–Crippen MR) is 106 cm³/mol. The van der Waals surface area contributed by atoms with E-state index in [9.17, 15) is 14.4 Å². The minimum atomic E-state index is -0.700. The molecule has 0 bridgehead atoms. The van der Waals surface area contributed by atoms with E-state index in [2.05, 4.69) is 10.3 Å². The highest BCUT2D eigenvalue weighted by Gasteiger charge is 2.15. The number of ether oxygens (including phenoxy) is 2. The molecule has 1 N–H and O–H groups in total. The maximum Gasteiger partial charge on any atom is 0.326 e. The lowest BCUT2D eigenvalue weighted by molar-refractivity contribution is -0.147. The van der Waals surface area contributed by atoms with Crippen molar-refractivity contribution in [1.29, 1.82) is 0 Å². The summed E-state index contributed by atoms with van der Waals surface area (Å²) in [5, 5.41) is 3.11. The van der Waals surface area contributed by atoms with Crippen molar-refractivity contribution in [3.63, 3.8) is 0 Å². The number of benzene rings is 1. The van der Waals surface area contributed by atoms with E-state index in [1.54, 1.807) is 24.3 Å². The number of carbonyl (C=O) groups is 2. The molecule has 146 valence electrons. The number of aromatic nitrogens is 2. The van der Waals surface area contributed by atoms with Crippen molar-refractivity contribution in [2.24, 2.45) is 0 Å². The first-order valence-electron chi connectivity index (χ1n) is 8.43. The Labute approximate surface area is 164 Å². The molecule has 1 amide bonds. The largest absolute Gasteiger partial charge is 0.497 e. The van der Waals surface area contributed by atoms with Crippen LogP contribution in [0.1, 0.15) is 10.4 Å². The second-order valence-corrected chi connectivity index (χ2v) is 7.29. The summed E-state index contributed by atoms with van der Waals surface area (Å²) in [7, 11) is 1.52. The van der Waals surface area contributed by atoms with E-state index in [4.69, 9.17) is 9.47 Å². The molecule has 2 heterocycles. The first kappa shape index (κ1) is 19.6. The highest BCUT2D eigenvalue weighted by Crippen LogP contribution is 2.25. The number of carbonyl (C=O) groups excluding carboxylic acids is 2. The van der Waals surface area contributed by atoms with Gasteiger partial charge in [0.25, 0.3) is 11.5 Å². The summed E-state index contributed by atoms with van der Waals surface area (Å²) in [6.45, 7) is 2.99. The summed E-state index contributed by atoms with van der Waals surface area (Å²) in [6.07, 6.45) is 1.32. The molecular weight excluding hydrogens is 382 g/mol. The fourth-order valence-corrected chi connectivity index (χ4v) is 3.60. The topological polar surface area (TPSA) is 99.5 Å². The number of esters is 1. The molecule has 1 aromatic carbocycles. The van der Waals surface area contributed by atoms with Gasteiger partial charge in [-0.2, -0.15) is 0 Å². The van der Waals surface area contributed by atoms with Gasteiger partial charge >= 0.3 is 5.97 Å². The van der Waals surface area contributed by atoms with Crippen LogP contribution in [-0.2, 0) is 20.9 Å². The van der Waals surface area contributed by atoms with Gasteiger partial charge in [0, 0.05) is 16.6 Å². The Morgan fingerprint density at radius 2 is 2.07 bits per heavy atom. The summed E-state index contributed by atoms with van der Waals surface area (Å²) in [6, 6.07) is 6.80. The van der Waals surface area contributed by atoms with Gasteiger partial charge in [-0.1, -0.05) is 6.07 Å². The van der Waals surface area contributed by atoms with Crippen LogP contribution in [0.3, 0.4) is 0 Å². The zero-order valence-corrected chi connectivity index (χ0v) is 16.5. The van der Waals surface area contributed by atoms with Crippen LogP contribution in [0, 0.1) is 13.8 Å². The fourth-order valence-electron chi connectivity index (χ4n) is 2.61. The number of hydrogen-bond donors (Lipinski definition) is 1. The van der Waals surface area contributed by atoms with E-state index in [-0.39, 0.29) is 12.1 Å². The normalized spacial score (nSPS) is 10.7. The highest BCUT2D eigenvalue weighted by atomic mass is 32.1. The van der Waals surface area contributed by atoms with Gasteiger partial charge in [0.05, 0.1) is 18.8 Å². The standard InChI is InChI=1S/C19H19N3O5S/c1-11-12(2)28-18-17(11)19(25)22(10-20-18)8-16(24)27-9-15(23)21-13-5-4-6-14(7-13)26-3/h4-7,10H,8-9H2,1-3H3,(H,21,23). The Bertz CT molecular complexity index is 1100. The lowest BCUT2D eigenvalue weighted by atomic mass is 10.2. The first-order chi connectivity index (χ1) is 13.4. The minimum Gasteiger partial charge on any atom is -0.497 e. The summed E-state index contributed by atoms with van der Waals surface area (Å²) in [5.41, 5.74) is 1.08. The van der Waals surface area contributed by atoms with E-state index in [1.165, 1.54) is 29.3 Å². The zero-order valence-electron chi connectivity index (χ0n) is 15.6. The Morgan fingerprint density at radius 1 is 1.29 bits per heavy atom. The summed E-state index contributed by atoms with van der Waals surface area (Å²) in [4.78, 5) is 42.4. The lowest BCUT2D eigenvalue weighted by Gasteiger charge is -2.08. The Kier molecular flexibility index (Phi) is 5.74. The molecule has 0 fully saturated rings. The first-order valence-corrected chi connectivity index (χ1v) is 9.25. The molecular formula is C19H19N3O5S. The van der Waals surface area contributed by atoms with Crippen LogP contribution in [-0.4, -0.2) is 35.1 Å². The maximum atomic E-state index is 12.6. The molecule has 0 radical (unpaired) electrons. The third kappa shape index (κ3) is 4.20. The van der Waals surface area contributed by atoms with Gasteiger partial charge in [-0.15, -0.1) is 11.3 Å². The van der Waals surface area contributed by atoms with Crippen molar-refractivity contribution < 1.29 is 19.1 Å². The van der Waals surface area contributed by atoms with Crippen LogP contribution in [0.5, 0.6) is 5.75 Å². The number of nitrogens with zero attached hydrogens (tertiary/aromatic N) is 2. The van der Waals surface area contributed by atoms with Crippen LogP contribution < -0.4 is 15.6 Å². The Balaban J connectivity index is 1.60. The van der Waals surface area contributed by atoms with Gasteiger partial charge in [-0.05, 0) is 31.5 Å². The Hall–Kier alpha value is -3.20. The SMILES string of the molecule is COc1cccc(NC(=O)COC(=O)Cn2cnc3sc(C)c(C)c3c2=O)c1. The van der Waals surface area contributed by atoms with Gasteiger partial charge in [0.2, 0.25) is 0 Å². The van der Waals surface area contributed by atoms with Crippen molar-refractivity contribution in [3.8, 4) is 5.75 Å². The van der Waals surface area contributed by atoms with E-state index in [0.29, 0.717) is 21.7 Å². The van der Waals surface area contributed by atoms with Crippen molar-refractivity contribution in [2.75, 3.05) is 19.0 Å². The molecule has 3 aromatic rings. The van der Waals surface area contributed by atoms with Gasteiger partial charge in [-0.25, -0.2) is 4.98 Å². The molecule has 0 unspecified atom stereocenters. The van der Waals surface area contributed by atoms with Crippen LogP contribution in [0.25, 0.3) is 10.2 Å². The van der Waals surface area contributed by atoms with Crippen molar-refractivity contribution in [3.05, 3.63) is 51.4 Å². The molecule has 0 aliphatic carbocycles. The van der Waals surface area contributed by atoms with E-state index in [0.717, 1.165) is 10.4 Å². The molecule has 0 aliphatic rings. The van der Waals surface area contributed by atoms with E-state index >= 15 is 0 Å². The number of anilines is 1. The number of nitrogens with one attached hydrogen (secondary N) is 1. The maximum absolute atomic E-state index is 12.6. The van der Waals surface area contributed by atoms with Crippen LogP contribution in [0.2, 0.25) is 0 Å². The number of methoxy groups -OCH3 is 1. The molecule has 0 spiro atoms. The molecule has 0 saturated heterocycles. The molecule has 9 heteroatoms. The third-order valence-corrected chi connectivity index (χ3v) is 5.29. The molecule has 8 nitrogen and oxygen atoms in total. The zero-order chi connectivity index (χ0) is 20.3. The van der Waals surface area contributed by atoms with Crippen LogP contribution in [0.15, 0.2) is 35.4 Å². The van der Waals surface area contributed by atoms with Gasteiger partial charge < -0.3 is 14.8 Å². The minimum absolute atomic E-state index is 0.301. The van der Waals surface area contributed by atoms with Gasteiger partial charge in [-0.3, -0.25) is 19.0 Å². The van der Waals surface area contributed by atoms with Crippen LogP contribution in [0.4, 0.5) is 5.69 Å². The Morgan fingerprint density at radius 3 is 2.82 bits per heavy atom. The second kappa shape index (κ2) is 8.22. The molecule has 0 aliphatic heterocycles. The predicted octanol–water partition coefficient (Wildman–Crippen LogP) is 2.27. The quantitative estimate of drug-likeness (QED) is 0.636. The van der Waals surface area contributed by atoms with Gasteiger partial charge in [0.1, 0.15) is 17.1 Å². The number of aryl methyl sites for hydroxylation is 2. The molecule has 0 atom stereocenters. The molecule has 3 rings (SSSR count). The van der Waals surface area contributed by atoms with Crippen molar-refractivity contribution in [1.82, 2.24) is 9.55 Å². The molecule has 2 aromatic heterocycles. The number of amides is 1. The number of hydrogen-bond acceptors (Lipinski definition) is 7. The highest BCUT2D eigenvalue weighted by molar-refractivity contribution is 7.18. The average Bonchev–Trinajstić information content (AvgIpc) is 2.97. The summed E-state index contributed by atoms with van der Waals surface area (Å²) in [5.74, 6) is -0.600. The number of thiophene rings is 1. The van der Waals surface area contributed by atoms with E-state index in [1.807, 2.05) is 13.8 Å². The monoisotopic (exact) mass is 401 g/mol. The molecule has 28 heavy (non-hydrogen) atoms. The van der Waals surface area contributed by atoms with E-state index < -0.39 is 18.5 Å². The summed E-state index contributed by atoms with van der Waals surface area (Å²) < 4.78 is 11.2. The number of rotatable bonds is 6. The third-order valence-electron chi connectivity index (χ3n) is 4.17. The number of fused-ring (bicyclic) bond motifs is 1. The smallest absolute Gasteiger partial charge is 0.326 e. The van der Waals surface area contributed by atoms with Crippen molar-refractivity contribution in [2.45, 2.75) is 20.4 Å². The summed E-state index contributed by atoms with van der Waals surface area (Å²) >= 11 is 1.44.